The SMILES string of the molecule is CCNC1CCC(C(C)C)CC1N1CCCN(C)CC1. The molecule has 1 aliphatic carbocycles. The van der Waals surface area contributed by atoms with Gasteiger partial charge in [-0.2, -0.15) is 0 Å². The fourth-order valence-corrected chi connectivity index (χ4v) is 4.09. The molecule has 3 nitrogen and oxygen atoms in total. The van der Waals surface area contributed by atoms with Crippen molar-refractivity contribution in [2.24, 2.45) is 11.8 Å². The maximum absolute atomic E-state index is 3.77. The standard InChI is InChI=1S/C17H35N3/c1-5-18-16-8-7-15(14(2)3)13-17(16)20-10-6-9-19(4)11-12-20/h14-18H,5-13H2,1-4H3. The van der Waals surface area contributed by atoms with Gasteiger partial charge in [0, 0.05) is 25.2 Å². The van der Waals surface area contributed by atoms with Gasteiger partial charge >= 0.3 is 0 Å². The Morgan fingerprint density at radius 3 is 2.60 bits per heavy atom. The molecular formula is C17H35N3. The van der Waals surface area contributed by atoms with Crippen LogP contribution < -0.4 is 5.32 Å². The summed E-state index contributed by atoms with van der Waals surface area (Å²) < 4.78 is 0. The fourth-order valence-electron chi connectivity index (χ4n) is 4.09. The average molecular weight is 281 g/mol. The van der Waals surface area contributed by atoms with Crippen LogP contribution in [0.4, 0.5) is 0 Å². The highest BCUT2D eigenvalue weighted by Crippen LogP contribution is 2.33. The van der Waals surface area contributed by atoms with E-state index in [9.17, 15) is 0 Å². The lowest BCUT2D eigenvalue weighted by molar-refractivity contribution is 0.0865. The molecule has 3 atom stereocenters. The van der Waals surface area contributed by atoms with E-state index in [-0.39, 0.29) is 0 Å². The van der Waals surface area contributed by atoms with E-state index in [2.05, 4.69) is 42.9 Å². The Morgan fingerprint density at radius 2 is 1.90 bits per heavy atom. The molecule has 2 fully saturated rings. The summed E-state index contributed by atoms with van der Waals surface area (Å²) in [6, 6.07) is 1.49. The summed E-state index contributed by atoms with van der Waals surface area (Å²) in [5.74, 6) is 1.77. The van der Waals surface area contributed by atoms with Crippen molar-refractivity contribution in [2.75, 3.05) is 39.8 Å². The van der Waals surface area contributed by atoms with Gasteiger partial charge in [0.25, 0.3) is 0 Å². The largest absolute Gasteiger partial charge is 0.313 e. The van der Waals surface area contributed by atoms with E-state index in [0.29, 0.717) is 0 Å². The third-order valence-electron chi connectivity index (χ3n) is 5.49. The third kappa shape index (κ3) is 4.19. The number of nitrogens with one attached hydrogen (secondary N) is 1. The summed E-state index contributed by atoms with van der Waals surface area (Å²) in [5.41, 5.74) is 0. The molecule has 1 heterocycles. The fraction of sp³-hybridized carbons (Fsp3) is 1.00. The van der Waals surface area contributed by atoms with Gasteiger partial charge in [-0.3, -0.25) is 4.90 Å². The van der Waals surface area contributed by atoms with Gasteiger partial charge in [-0.25, -0.2) is 0 Å². The van der Waals surface area contributed by atoms with Crippen LogP contribution in [0.2, 0.25) is 0 Å². The summed E-state index contributed by atoms with van der Waals surface area (Å²) in [7, 11) is 2.27. The van der Waals surface area contributed by atoms with Crippen LogP contribution in [0.1, 0.15) is 46.5 Å². The van der Waals surface area contributed by atoms with Crippen molar-refractivity contribution in [2.45, 2.75) is 58.5 Å². The van der Waals surface area contributed by atoms with Crippen molar-refractivity contribution in [3.63, 3.8) is 0 Å². The average Bonchev–Trinajstić information content (AvgIpc) is 2.64. The minimum Gasteiger partial charge on any atom is -0.313 e. The van der Waals surface area contributed by atoms with Gasteiger partial charge in [0.15, 0.2) is 0 Å². The quantitative estimate of drug-likeness (QED) is 0.854. The van der Waals surface area contributed by atoms with Crippen LogP contribution in [0, 0.1) is 11.8 Å². The molecule has 20 heavy (non-hydrogen) atoms. The molecule has 1 aliphatic heterocycles. The van der Waals surface area contributed by atoms with E-state index < -0.39 is 0 Å². The lowest BCUT2D eigenvalue weighted by atomic mass is 9.76. The first-order valence-electron chi connectivity index (χ1n) is 8.77. The van der Waals surface area contributed by atoms with Crippen LogP contribution in [0.25, 0.3) is 0 Å². The zero-order chi connectivity index (χ0) is 14.5. The lowest BCUT2D eigenvalue weighted by Gasteiger charge is -2.44. The van der Waals surface area contributed by atoms with Gasteiger partial charge in [-0.15, -0.1) is 0 Å². The Balaban J connectivity index is 2.01. The van der Waals surface area contributed by atoms with E-state index in [1.165, 1.54) is 51.9 Å². The molecule has 118 valence electrons. The first-order valence-corrected chi connectivity index (χ1v) is 8.77. The molecule has 1 N–H and O–H groups in total. The van der Waals surface area contributed by atoms with Crippen molar-refractivity contribution in [3.8, 4) is 0 Å². The number of nitrogens with zero attached hydrogens (tertiary/aromatic N) is 2. The number of hydrogen-bond acceptors (Lipinski definition) is 3. The predicted octanol–water partition coefficient (Wildman–Crippen LogP) is 2.43. The number of rotatable bonds is 4. The highest BCUT2D eigenvalue weighted by atomic mass is 15.2. The second kappa shape index (κ2) is 7.77. The van der Waals surface area contributed by atoms with Crippen LogP contribution in [-0.4, -0.2) is 61.7 Å². The number of likely N-dealkylation sites (N-methyl/N-ethyl adjacent to an activating group) is 2. The molecule has 2 rings (SSSR count). The van der Waals surface area contributed by atoms with E-state index >= 15 is 0 Å². The van der Waals surface area contributed by atoms with E-state index in [0.717, 1.165) is 30.5 Å². The molecule has 3 heteroatoms. The maximum atomic E-state index is 3.77. The monoisotopic (exact) mass is 281 g/mol. The van der Waals surface area contributed by atoms with Gasteiger partial charge in [0.1, 0.15) is 0 Å². The second-order valence-electron chi connectivity index (χ2n) is 7.24. The Bertz CT molecular complexity index is 279. The van der Waals surface area contributed by atoms with Crippen molar-refractivity contribution in [3.05, 3.63) is 0 Å². The van der Waals surface area contributed by atoms with Crippen LogP contribution in [0.3, 0.4) is 0 Å². The molecule has 0 spiro atoms. The van der Waals surface area contributed by atoms with Crippen molar-refractivity contribution < 1.29 is 0 Å². The van der Waals surface area contributed by atoms with Crippen molar-refractivity contribution in [1.29, 1.82) is 0 Å². The highest BCUT2D eigenvalue weighted by Gasteiger charge is 2.35. The van der Waals surface area contributed by atoms with Crippen LogP contribution in [0.15, 0.2) is 0 Å². The molecule has 0 radical (unpaired) electrons. The summed E-state index contributed by atoms with van der Waals surface area (Å²) in [4.78, 5) is 5.29. The Morgan fingerprint density at radius 1 is 1.10 bits per heavy atom. The zero-order valence-corrected chi connectivity index (χ0v) is 14.1. The molecule has 2 aliphatic rings. The van der Waals surface area contributed by atoms with Crippen molar-refractivity contribution in [1.82, 2.24) is 15.1 Å². The molecular weight excluding hydrogens is 246 g/mol. The molecule has 1 saturated heterocycles. The van der Waals surface area contributed by atoms with Gasteiger partial charge in [0.05, 0.1) is 0 Å². The van der Waals surface area contributed by atoms with Crippen LogP contribution >= 0.6 is 0 Å². The van der Waals surface area contributed by atoms with Gasteiger partial charge in [0.2, 0.25) is 0 Å². The Kier molecular flexibility index (Phi) is 6.31. The van der Waals surface area contributed by atoms with Gasteiger partial charge < -0.3 is 10.2 Å². The molecule has 0 amide bonds. The zero-order valence-electron chi connectivity index (χ0n) is 14.1. The smallest absolute Gasteiger partial charge is 0.0252 e. The third-order valence-corrected chi connectivity index (χ3v) is 5.49. The molecule has 0 bridgehead atoms. The molecule has 0 aromatic rings. The summed E-state index contributed by atoms with van der Waals surface area (Å²) in [6.07, 6.45) is 5.52. The molecule has 3 unspecified atom stereocenters. The molecule has 0 aromatic carbocycles. The van der Waals surface area contributed by atoms with E-state index in [4.69, 9.17) is 0 Å². The summed E-state index contributed by atoms with van der Waals surface area (Å²) >= 11 is 0. The second-order valence-corrected chi connectivity index (χ2v) is 7.24. The number of hydrogen-bond donors (Lipinski definition) is 1. The predicted molar refractivity (Wildman–Crippen MR) is 87.1 cm³/mol. The molecule has 0 aromatic heterocycles. The minimum atomic E-state index is 0.721. The first kappa shape index (κ1) is 16.3. The maximum Gasteiger partial charge on any atom is 0.0252 e. The minimum absolute atomic E-state index is 0.721. The summed E-state index contributed by atoms with van der Waals surface area (Å²) in [5, 5.41) is 3.77. The van der Waals surface area contributed by atoms with Crippen LogP contribution in [-0.2, 0) is 0 Å². The van der Waals surface area contributed by atoms with Gasteiger partial charge in [-0.1, -0.05) is 20.8 Å². The Labute approximate surface area is 126 Å². The van der Waals surface area contributed by atoms with Crippen molar-refractivity contribution >= 4 is 0 Å². The lowest BCUT2D eigenvalue weighted by Crippen LogP contribution is -2.54. The Hall–Kier alpha value is -0.120. The van der Waals surface area contributed by atoms with Gasteiger partial charge in [-0.05, 0) is 64.2 Å². The topological polar surface area (TPSA) is 18.5 Å². The highest BCUT2D eigenvalue weighted by molar-refractivity contribution is 4.92. The molecule has 1 saturated carbocycles. The normalized spacial score (nSPS) is 34.4. The first-order chi connectivity index (χ1) is 9.61. The van der Waals surface area contributed by atoms with E-state index in [1.54, 1.807) is 0 Å². The summed E-state index contributed by atoms with van der Waals surface area (Å²) in [6.45, 7) is 13.2. The van der Waals surface area contributed by atoms with Crippen LogP contribution in [0.5, 0.6) is 0 Å². The van der Waals surface area contributed by atoms with E-state index in [1.807, 2.05) is 0 Å².